The SMILES string of the molecule is Cc1ccc2c(c1)-c1ccccc1C21c2ccccc2-c2ccccc21.Cc1ccc2c(c1)C1(c3ccccc3-c3ccccc31)c1ccccc1-2.Cc1ccc2c3cc(-c4ccccc4)ccc3n(-c3ccccc3)c2c1.Cn1c2ccccc2c2c(-c3ccccc3)cccc21.Cn1c2ccccc2c2cc(-c3ccccc3)ccc21.Cn1c2ccccc2c2ccc(-c3ccccc3)cc21. The molecule has 0 radical (unpaired) electrons. The molecule has 4 heteroatoms. The molecule has 4 aromatic heterocycles. The van der Waals surface area contributed by atoms with E-state index < -0.39 is 0 Å². The topological polar surface area (TPSA) is 19.7 Å². The molecule has 0 bridgehead atoms. The molecule has 138 heavy (non-hydrogen) atoms. The van der Waals surface area contributed by atoms with Crippen LogP contribution in [-0.2, 0) is 32.0 Å². The fraction of sp³-hybridized carbons (Fsp3) is 0.0597. The van der Waals surface area contributed by atoms with Crippen molar-refractivity contribution in [3.05, 3.63) is 559 Å². The van der Waals surface area contributed by atoms with E-state index in [0.29, 0.717) is 0 Å². The van der Waals surface area contributed by atoms with E-state index in [1.54, 1.807) is 0 Å². The molecule has 0 saturated heterocycles. The zero-order valence-electron chi connectivity index (χ0n) is 78.1. The zero-order valence-corrected chi connectivity index (χ0v) is 78.1. The summed E-state index contributed by atoms with van der Waals surface area (Å²) in [6.45, 7) is 6.54. The van der Waals surface area contributed by atoms with Crippen LogP contribution in [0.4, 0.5) is 0 Å². The van der Waals surface area contributed by atoms with Gasteiger partial charge >= 0.3 is 0 Å². The van der Waals surface area contributed by atoms with E-state index in [1.165, 1.54) is 243 Å². The van der Waals surface area contributed by atoms with E-state index in [9.17, 15) is 0 Å². The van der Waals surface area contributed by atoms with Crippen LogP contribution in [0.2, 0.25) is 0 Å². The first-order chi connectivity index (χ1) is 68.0. The van der Waals surface area contributed by atoms with Gasteiger partial charge in [0.2, 0.25) is 0 Å². The smallest absolute Gasteiger partial charge is 0.0725 e. The van der Waals surface area contributed by atoms with Gasteiger partial charge in [-0.2, -0.15) is 0 Å². The van der Waals surface area contributed by atoms with E-state index in [4.69, 9.17) is 0 Å². The van der Waals surface area contributed by atoms with Crippen LogP contribution in [0.15, 0.2) is 497 Å². The summed E-state index contributed by atoms with van der Waals surface area (Å²) < 4.78 is 9.18. The summed E-state index contributed by atoms with van der Waals surface area (Å²) in [7, 11) is 6.41. The number of para-hydroxylation sites is 4. The Morgan fingerprint density at radius 2 is 0.457 bits per heavy atom. The number of aromatic nitrogens is 4. The lowest BCUT2D eigenvalue weighted by Crippen LogP contribution is -2.25. The fourth-order valence-corrected chi connectivity index (χ4v) is 23.2. The zero-order chi connectivity index (χ0) is 92.7. The molecule has 21 aromatic carbocycles. The van der Waals surface area contributed by atoms with E-state index in [1.807, 2.05) is 0 Å². The van der Waals surface area contributed by atoms with Crippen LogP contribution in [0.5, 0.6) is 0 Å². The summed E-state index contributed by atoms with van der Waals surface area (Å²) in [6.07, 6.45) is 0. The normalized spacial score (nSPS) is 12.5. The monoisotopic (exact) mass is 1760 g/mol. The Hall–Kier alpha value is -17.2. The molecule has 0 saturated carbocycles. The van der Waals surface area contributed by atoms with Gasteiger partial charge in [-0.05, 0) is 233 Å². The Morgan fingerprint density at radius 1 is 0.152 bits per heavy atom. The first kappa shape index (κ1) is 83.9. The van der Waals surface area contributed by atoms with Gasteiger partial charge in [0, 0.05) is 103 Å². The highest BCUT2D eigenvalue weighted by atomic mass is 15.0. The molecule has 2 spiro atoms. The second kappa shape index (κ2) is 34.7. The highest BCUT2D eigenvalue weighted by molar-refractivity contribution is 6.16. The van der Waals surface area contributed by atoms with Gasteiger partial charge in [0.15, 0.2) is 0 Å². The summed E-state index contributed by atoms with van der Waals surface area (Å²) in [5.41, 5.74) is 47.4. The van der Waals surface area contributed by atoms with Crippen molar-refractivity contribution in [1.82, 2.24) is 18.3 Å². The van der Waals surface area contributed by atoms with E-state index in [0.717, 1.165) is 0 Å². The first-order valence-electron chi connectivity index (χ1n) is 48.0. The van der Waals surface area contributed by atoms with Gasteiger partial charge in [-0.25, -0.2) is 0 Å². The van der Waals surface area contributed by atoms with Crippen molar-refractivity contribution in [2.45, 2.75) is 31.6 Å². The molecule has 656 valence electrons. The number of fused-ring (bicyclic) bond motifs is 32. The molecule has 4 aliphatic rings. The number of nitrogens with zero attached hydrogens (tertiary/aromatic N) is 4. The van der Waals surface area contributed by atoms with Crippen molar-refractivity contribution in [2.24, 2.45) is 21.1 Å². The molecule has 0 fully saturated rings. The first-order valence-corrected chi connectivity index (χ1v) is 48.0. The second-order valence-electron chi connectivity index (χ2n) is 37.2. The van der Waals surface area contributed by atoms with Crippen molar-refractivity contribution >= 4 is 87.2 Å². The molecule has 4 heterocycles. The predicted molar refractivity (Wildman–Crippen MR) is 583 cm³/mol. The lowest BCUT2D eigenvalue weighted by Gasteiger charge is -2.30. The van der Waals surface area contributed by atoms with E-state index in [-0.39, 0.29) is 10.8 Å². The Labute approximate surface area is 805 Å². The molecule has 0 N–H and O–H groups in total. The van der Waals surface area contributed by atoms with Crippen LogP contribution < -0.4 is 0 Å². The molecule has 25 aromatic rings. The maximum Gasteiger partial charge on any atom is 0.0725 e. The standard InChI is InChI=1S/2C26H18.C25H19N.3C19H15N/c1-17-14-15-25-21(16-17)20-10-4-7-13-24(20)26(25)22-11-5-2-8-18(22)19-9-3-6-12-23(19)26;1-17-14-15-21-20-10-4-7-13-24(20)26(25(21)16-17)22-11-5-2-8-18(22)19-9-3-6-12-23(19)26;1-18-12-14-22-23-17-20(19-8-4-2-5-9-19)13-15-24(23)26(25(22)16-18)21-10-6-3-7-11-21;1-20-17-12-6-5-10-16(17)19-15(11-7-13-18(19)20)14-8-3-2-4-9-14;1-20-18-10-6-5-9-16(18)17-13-15(11-12-19(17)20)14-7-3-2-4-8-14;1-20-18-10-6-5-9-16(18)17-12-11-15(13-19(17)20)14-7-3-2-4-8-14/h2*2-16H,1H3;2-17H,1H3;3*2-13H,1H3. The molecular formula is C134H100N4. The Morgan fingerprint density at radius 3 is 0.971 bits per heavy atom. The van der Waals surface area contributed by atoms with Gasteiger partial charge in [0.05, 0.1) is 21.9 Å². The largest absolute Gasteiger partial charge is 0.344 e. The van der Waals surface area contributed by atoms with Gasteiger partial charge in [0.25, 0.3) is 0 Å². The predicted octanol–water partition coefficient (Wildman–Crippen LogP) is 34.4. The number of hydrogen-bond acceptors (Lipinski definition) is 0. The van der Waals surface area contributed by atoms with Crippen molar-refractivity contribution in [3.8, 4) is 94.7 Å². The second-order valence-corrected chi connectivity index (χ2v) is 37.2. The summed E-state index contributed by atoms with van der Waals surface area (Å²) in [5, 5.41) is 10.6. The molecule has 0 aliphatic heterocycles. The molecular weight excluding hydrogens is 1670 g/mol. The van der Waals surface area contributed by atoms with Gasteiger partial charge in [-0.3, -0.25) is 0 Å². The quantitative estimate of drug-likeness (QED) is 0.164. The maximum atomic E-state index is 2.40. The minimum absolute atomic E-state index is 0.188. The molecule has 29 rings (SSSR count). The lowest BCUT2D eigenvalue weighted by molar-refractivity contribution is 0.792. The number of benzene rings is 21. The van der Waals surface area contributed by atoms with Gasteiger partial charge in [-0.15, -0.1) is 0 Å². The minimum atomic E-state index is -0.189. The molecule has 4 nitrogen and oxygen atoms in total. The van der Waals surface area contributed by atoms with E-state index in [2.05, 4.69) is 558 Å². The van der Waals surface area contributed by atoms with Crippen LogP contribution in [0.3, 0.4) is 0 Å². The lowest BCUT2D eigenvalue weighted by atomic mass is 9.70. The third kappa shape index (κ3) is 13.8. The number of aryl methyl sites for hydroxylation is 6. The highest BCUT2D eigenvalue weighted by Crippen LogP contribution is 2.65. The minimum Gasteiger partial charge on any atom is -0.344 e. The van der Waals surface area contributed by atoms with Gasteiger partial charge < -0.3 is 18.3 Å². The molecule has 0 unspecified atom stereocenters. The number of rotatable bonds is 5. The van der Waals surface area contributed by atoms with Crippen LogP contribution in [0.25, 0.3) is 182 Å². The third-order valence-corrected chi connectivity index (χ3v) is 29.4. The maximum absolute atomic E-state index is 2.40. The van der Waals surface area contributed by atoms with Gasteiger partial charge in [-0.1, -0.05) is 436 Å². The van der Waals surface area contributed by atoms with Crippen LogP contribution in [-0.4, -0.2) is 18.3 Å². The fourth-order valence-electron chi connectivity index (χ4n) is 23.2. The van der Waals surface area contributed by atoms with Crippen LogP contribution in [0.1, 0.15) is 61.2 Å². The molecule has 4 aliphatic carbocycles. The average Bonchev–Trinajstić information content (AvgIpc) is 1.51. The highest BCUT2D eigenvalue weighted by Gasteiger charge is 2.53. The van der Waals surface area contributed by atoms with Crippen molar-refractivity contribution in [2.75, 3.05) is 0 Å². The van der Waals surface area contributed by atoms with Crippen molar-refractivity contribution in [3.63, 3.8) is 0 Å². The average molecular weight is 1770 g/mol. The van der Waals surface area contributed by atoms with E-state index >= 15 is 0 Å². The Kier molecular flexibility index (Phi) is 21.1. The summed E-state index contributed by atoms with van der Waals surface area (Å²) in [6, 6.07) is 180. The van der Waals surface area contributed by atoms with Gasteiger partial charge in [0.1, 0.15) is 0 Å². The van der Waals surface area contributed by atoms with Crippen molar-refractivity contribution in [1.29, 1.82) is 0 Å². The summed E-state index contributed by atoms with van der Waals surface area (Å²) in [5.74, 6) is 0. The Balaban J connectivity index is 0.0000000906. The van der Waals surface area contributed by atoms with Crippen LogP contribution in [0, 0.1) is 20.8 Å². The summed E-state index contributed by atoms with van der Waals surface area (Å²) >= 11 is 0. The van der Waals surface area contributed by atoms with Crippen molar-refractivity contribution < 1.29 is 0 Å². The summed E-state index contributed by atoms with van der Waals surface area (Å²) in [4.78, 5) is 0. The third-order valence-electron chi connectivity index (χ3n) is 29.4. The Bertz CT molecular complexity index is 8890. The molecule has 0 atom stereocenters. The number of hydrogen-bond donors (Lipinski definition) is 0. The molecule has 0 amide bonds. The van der Waals surface area contributed by atoms with Crippen LogP contribution >= 0.6 is 0 Å².